The Morgan fingerprint density at radius 1 is 1.19 bits per heavy atom. The molecule has 27 heavy (non-hydrogen) atoms. The van der Waals surface area contributed by atoms with Gasteiger partial charge < -0.3 is 0 Å². The average Bonchev–Trinajstić information content (AvgIpc) is 3.14. The van der Waals surface area contributed by atoms with Crippen LogP contribution in [0.5, 0.6) is 0 Å². The molecule has 1 aromatic carbocycles. The molecular formula is C20H18N4OS2. The van der Waals surface area contributed by atoms with Crippen LogP contribution in [0.1, 0.15) is 23.2 Å². The van der Waals surface area contributed by atoms with Crippen molar-refractivity contribution < 1.29 is 0 Å². The Hall–Kier alpha value is -2.51. The largest absolute Gasteiger partial charge is 0.268 e. The van der Waals surface area contributed by atoms with Gasteiger partial charge in [-0.3, -0.25) is 4.79 Å². The summed E-state index contributed by atoms with van der Waals surface area (Å²) in [5, 5.41) is 4.41. The lowest BCUT2D eigenvalue weighted by Gasteiger charge is -2.12. The summed E-state index contributed by atoms with van der Waals surface area (Å²) < 4.78 is 1.60. The van der Waals surface area contributed by atoms with Gasteiger partial charge in [-0.2, -0.15) is 0 Å². The Balaban J connectivity index is 1.82. The SMILES string of the molecule is CCc1nc(CSc2nc3ccccc3c(=O)n2-c2cc(C)ccn2)cs1. The third-order valence-electron chi connectivity index (χ3n) is 4.13. The number of aryl methyl sites for hydroxylation is 2. The van der Waals surface area contributed by atoms with Gasteiger partial charge in [0.25, 0.3) is 5.56 Å². The Labute approximate surface area is 165 Å². The number of para-hydroxylation sites is 1. The zero-order chi connectivity index (χ0) is 18.8. The highest BCUT2D eigenvalue weighted by Gasteiger charge is 2.15. The average molecular weight is 395 g/mol. The molecule has 3 heterocycles. The summed E-state index contributed by atoms with van der Waals surface area (Å²) in [5.41, 5.74) is 2.64. The number of hydrogen-bond donors (Lipinski definition) is 0. The van der Waals surface area contributed by atoms with Gasteiger partial charge in [0, 0.05) is 17.3 Å². The number of fused-ring (bicyclic) bond motifs is 1. The van der Waals surface area contributed by atoms with Crippen LogP contribution in [0.15, 0.2) is 57.9 Å². The second-order valence-electron chi connectivity index (χ2n) is 6.12. The highest BCUT2D eigenvalue weighted by Crippen LogP contribution is 2.25. The minimum absolute atomic E-state index is 0.103. The van der Waals surface area contributed by atoms with Crippen LogP contribution in [0.2, 0.25) is 0 Å². The summed E-state index contributed by atoms with van der Waals surface area (Å²) >= 11 is 3.18. The van der Waals surface area contributed by atoms with E-state index in [1.54, 1.807) is 28.2 Å². The van der Waals surface area contributed by atoms with E-state index in [4.69, 9.17) is 4.98 Å². The lowest BCUT2D eigenvalue weighted by Crippen LogP contribution is -2.22. The molecule has 0 aliphatic heterocycles. The highest BCUT2D eigenvalue weighted by molar-refractivity contribution is 7.98. The maximum absolute atomic E-state index is 13.2. The summed E-state index contributed by atoms with van der Waals surface area (Å²) in [6, 6.07) is 11.2. The lowest BCUT2D eigenvalue weighted by atomic mass is 10.2. The lowest BCUT2D eigenvalue weighted by molar-refractivity contribution is 0.794. The van der Waals surface area contributed by atoms with Crippen LogP contribution in [0.3, 0.4) is 0 Å². The quantitative estimate of drug-likeness (QED) is 0.371. The molecule has 4 aromatic rings. The summed E-state index contributed by atoms with van der Waals surface area (Å²) in [4.78, 5) is 26.9. The first-order valence-corrected chi connectivity index (χ1v) is 10.5. The fraction of sp³-hybridized carbons (Fsp3) is 0.200. The Morgan fingerprint density at radius 2 is 2.04 bits per heavy atom. The van der Waals surface area contributed by atoms with Crippen LogP contribution in [-0.2, 0) is 12.2 Å². The number of nitrogens with zero attached hydrogens (tertiary/aromatic N) is 4. The van der Waals surface area contributed by atoms with Crippen molar-refractivity contribution in [3.63, 3.8) is 0 Å². The summed E-state index contributed by atoms with van der Waals surface area (Å²) in [6.07, 6.45) is 2.65. The van der Waals surface area contributed by atoms with E-state index in [2.05, 4.69) is 22.3 Å². The summed E-state index contributed by atoms with van der Waals surface area (Å²) in [6.45, 7) is 4.08. The van der Waals surface area contributed by atoms with Gasteiger partial charge in [-0.1, -0.05) is 30.8 Å². The molecule has 0 saturated heterocycles. The fourth-order valence-electron chi connectivity index (χ4n) is 2.77. The van der Waals surface area contributed by atoms with E-state index < -0.39 is 0 Å². The number of thioether (sulfide) groups is 1. The molecule has 0 spiro atoms. The molecule has 0 radical (unpaired) electrons. The fourth-order valence-corrected chi connectivity index (χ4v) is 4.51. The van der Waals surface area contributed by atoms with Crippen molar-refractivity contribution in [2.24, 2.45) is 0 Å². The van der Waals surface area contributed by atoms with Crippen molar-refractivity contribution >= 4 is 34.0 Å². The monoisotopic (exact) mass is 394 g/mol. The van der Waals surface area contributed by atoms with E-state index >= 15 is 0 Å². The number of benzene rings is 1. The number of aromatic nitrogens is 4. The molecule has 0 amide bonds. The van der Waals surface area contributed by atoms with Gasteiger partial charge >= 0.3 is 0 Å². The van der Waals surface area contributed by atoms with Crippen molar-refractivity contribution in [2.45, 2.75) is 31.2 Å². The van der Waals surface area contributed by atoms with Crippen LogP contribution in [0.25, 0.3) is 16.7 Å². The predicted molar refractivity (Wildman–Crippen MR) is 111 cm³/mol. The normalized spacial score (nSPS) is 11.2. The Morgan fingerprint density at radius 3 is 2.81 bits per heavy atom. The number of rotatable bonds is 5. The molecule has 0 aliphatic rings. The minimum atomic E-state index is -0.103. The smallest absolute Gasteiger partial charge is 0.267 e. The first kappa shape index (κ1) is 17.9. The molecule has 7 heteroatoms. The van der Waals surface area contributed by atoms with Crippen LogP contribution in [-0.4, -0.2) is 19.5 Å². The van der Waals surface area contributed by atoms with E-state index in [9.17, 15) is 4.79 Å². The van der Waals surface area contributed by atoms with Gasteiger partial charge in [0.2, 0.25) is 0 Å². The van der Waals surface area contributed by atoms with Crippen molar-refractivity contribution in [3.8, 4) is 5.82 Å². The minimum Gasteiger partial charge on any atom is -0.268 e. The molecule has 3 aromatic heterocycles. The highest BCUT2D eigenvalue weighted by atomic mass is 32.2. The first-order chi connectivity index (χ1) is 13.2. The molecule has 0 aliphatic carbocycles. The number of hydrogen-bond acceptors (Lipinski definition) is 6. The van der Waals surface area contributed by atoms with E-state index in [1.807, 2.05) is 37.3 Å². The van der Waals surface area contributed by atoms with Gasteiger partial charge in [0.1, 0.15) is 5.82 Å². The van der Waals surface area contributed by atoms with Crippen LogP contribution in [0.4, 0.5) is 0 Å². The zero-order valence-electron chi connectivity index (χ0n) is 15.0. The van der Waals surface area contributed by atoms with Crippen molar-refractivity contribution in [1.29, 1.82) is 0 Å². The summed E-state index contributed by atoms with van der Waals surface area (Å²) in [7, 11) is 0. The van der Waals surface area contributed by atoms with Crippen molar-refractivity contribution in [1.82, 2.24) is 19.5 Å². The summed E-state index contributed by atoms with van der Waals surface area (Å²) in [5.74, 6) is 1.25. The number of pyridine rings is 1. The molecule has 0 saturated carbocycles. The molecule has 0 fully saturated rings. The van der Waals surface area contributed by atoms with Crippen LogP contribution >= 0.6 is 23.1 Å². The maximum atomic E-state index is 13.2. The Bertz CT molecular complexity index is 1170. The van der Waals surface area contributed by atoms with Crippen LogP contribution in [0, 0.1) is 6.92 Å². The molecule has 136 valence electrons. The van der Waals surface area contributed by atoms with E-state index in [0.29, 0.717) is 27.6 Å². The molecule has 5 nitrogen and oxygen atoms in total. The number of thiazole rings is 1. The standard InChI is InChI=1S/C20H18N4OS2/c1-3-18-22-14(11-26-18)12-27-20-23-16-7-5-4-6-15(16)19(25)24(20)17-10-13(2)8-9-21-17/h4-11H,3,12H2,1-2H3. The second kappa shape index (κ2) is 7.62. The van der Waals surface area contributed by atoms with Gasteiger partial charge in [0.15, 0.2) is 5.16 Å². The zero-order valence-corrected chi connectivity index (χ0v) is 16.7. The van der Waals surface area contributed by atoms with Crippen molar-refractivity contribution in [3.05, 3.63) is 74.6 Å². The Kier molecular flexibility index (Phi) is 5.05. The van der Waals surface area contributed by atoms with Crippen LogP contribution < -0.4 is 5.56 Å². The first-order valence-electron chi connectivity index (χ1n) is 8.66. The third kappa shape index (κ3) is 3.65. The second-order valence-corrected chi connectivity index (χ2v) is 8.00. The van der Waals surface area contributed by atoms with Gasteiger partial charge in [0.05, 0.1) is 21.6 Å². The molecule has 0 N–H and O–H groups in total. The molecule has 0 bridgehead atoms. The van der Waals surface area contributed by atoms with E-state index in [1.165, 1.54) is 11.8 Å². The van der Waals surface area contributed by atoms with Crippen molar-refractivity contribution in [2.75, 3.05) is 0 Å². The van der Waals surface area contributed by atoms with Gasteiger partial charge in [-0.25, -0.2) is 19.5 Å². The van der Waals surface area contributed by atoms with E-state index in [-0.39, 0.29) is 5.56 Å². The maximum Gasteiger partial charge on any atom is 0.267 e. The molecule has 0 unspecified atom stereocenters. The molecular weight excluding hydrogens is 376 g/mol. The van der Waals surface area contributed by atoms with Gasteiger partial charge in [-0.15, -0.1) is 11.3 Å². The third-order valence-corrected chi connectivity index (χ3v) is 6.14. The molecule has 4 rings (SSSR count). The van der Waals surface area contributed by atoms with Gasteiger partial charge in [-0.05, 0) is 43.2 Å². The predicted octanol–water partition coefficient (Wildman–Crippen LogP) is 4.40. The topological polar surface area (TPSA) is 60.7 Å². The molecule has 0 atom stereocenters. The van der Waals surface area contributed by atoms with E-state index in [0.717, 1.165) is 22.7 Å².